The van der Waals surface area contributed by atoms with Gasteiger partial charge in [0.05, 0.1) is 0 Å². The summed E-state index contributed by atoms with van der Waals surface area (Å²) in [6, 6.07) is 14.3. The Bertz CT molecular complexity index is 1520. The van der Waals surface area contributed by atoms with Gasteiger partial charge in [-0.15, -0.1) is 0 Å². The Labute approximate surface area is 229 Å². The molecule has 0 saturated carbocycles. The second-order valence-corrected chi connectivity index (χ2v) is 10.7. The van der Waals surface area contributed by atoms with Crippen molar-refractivity contribution in [3.8, 4) is 22.8 Å². The van der Waals surface area contributed by atoms with Gasteiger partial charge in [0, 0.05) is 41.9 Å². The molecule has 0 bridgehead atoms. The van der Waals surface area contributed by atoms with E-state index in [0.29, 0.717) is 22.5 Å². The maximum absolute atomic E-state index is 14.8. The predicted octanol–water partition coefficient (Wildman–Crippen LogP) is 8.38. The van der Waals surface area contributed by atoms with Gasteiger partial charge in [-0.05, 0) is 37.3 Å². The second-order valence-electron chi connectivity index (χ2n) is 10.7. The van der Waals surface area contributed by atoms with Gasteiger partial charge in [0.2, 0.25) is 0 Å². The standard InChI is InChI=1S/C30H30F5N5/c1-17(2)21-7-5-6-8-22(21)27-38-25-23(13-14-29(25,31)32)26(39-27)36-15-19-9-11-20(12-10-19)28-37-24(30(33,34)35)16-40(28)18(3)4/h5-12,16-18H,13-15H2,1-4H3,(H,36,38,39). The number of alkyl halides is 5. The van der Waals surface area contributed by atoms with Gasteiger partial charge in [0.1, 0.15) is 17.3 Å². The Morgan fingerprint density at radius 3 is 2.30 bits per heavy atom. The molecule has 4 aromatic rings. The Morgan fingerprint density at radius 1 is 0.950 bits per heavy atom. The summed E-state index contributed by atoms with van der Waals surface area (Å²) in [4.78, 5) is 12.9. The van der Waals surface area contributed by atoms with E-state index in [2.05, 4.69) is 20.3 Å². The fraction of sp³-hybridized carbons (Fsp3) is 0.367. The first-order chi connectivity index (χ1) is 18.8. The van der Waals surface area contributed by atoms with Crippen molar-refractivity contribution >= 4 is 5.82 Å². The van der Waals surface area contributed by atoms with Crippen LogP contribution in [0.5, 0.6) is 0 Å². The van der Waals surface area contributed by atoms with Crippen molar-refractivity contribution in [1.82, 2.24) is 19.5 Å². The molecule has 0 radical (unpaired) electrons. The lowest BCUT2D eigenvalue weighted by Crippen LogP contribution is -2.14. The summed E-state index contributed by atoms with van der Waals surface area (Å²) in [5, 5.41) is 3.22. The molecular weight excluding hydrogens is 525 g/mol. The highest BCUT2D eigenvalue weighted by atomic mass is 19.4. The number of rotatable bonds is 7. The number of anilines is 1. The normalized spacial score (nSPS) is 14.7. The monoisotopic (exact) mass is 555 g/mol. The number of nitrogens with zero attached hydrogens (tertiary/aromatic N) is 4. The van der Waals surface area contributed by atoms with E-state index in [1.54, 1.807) is 38.1 Å². The zero-order chi connectivity index (χ0) is 28.8. The fourth-order valence-electron chi connectivity index (χ4n) is 4.99. The molecule has 0 amide bonds. The van der Waals surface area contributed by atoms with Crippen molar-refractivity contribution in [1.29, 1.82) is 0 Å². The topological polar surface area (TPSA) is 55.6 Å². The molecule has 5 rings (SSSR count). The van der Waals surface area contributed by atoms with Crippen molar-refractivity contribution in [3.63, 3.8) is 0 Å². The Morgan fingerprint density at radius 2 is 1.65 bits per heavy atom. The second kappa shape index (κ2) is 10.3. The molecule has 0 atom stereocenters. The fourth-order valence-corrected chi connectivity index (χ4v) is 4.99. The molecule has 5 nitrogen and oxygen atoms in total. The largest absolute Gasteiger partial charge is 0.434 e. The Balaban J connectivity index is 1.44. The molecule has 0 saturated heterocycles. The van der Waals surface area contributed by atoms with E-state index in [4.69, 9.17) is 0 Å². The first-order valence-corrected chi connectivity index (χ1v) is 13.2. The van der Waals surface area contributed by atoms with E-state index in [0.717, 1.165) is 17.3 Å². The van der Waals surface area contributed by atoms with E-state index in [-0.39, 0.29) is 48.7 Å². The van der Waals surface area contributed by atoms with Crippen molar-refractivity contribution in [2.75, 3.05) is 5.32 Å². The first kappa shape index (κ1) is 27.7. The highest BCUT2D eigenvalue weighted by Crippen LogP contribution is 2.44. The summed E-state index contributed by atoms with van der Waals surface area (Å²) < 4.78 is 71.0. The molecule has 210 valence electrons. The van der Waals surface area contributed by atoms with Gasteiger partial charge in [-0.1, -0.05) is 62.4 Å². The molecule has 0 unspecified atom stereocenters. The number of nitrogens with one attached hydrogen (secondary N) is 1. The van der Waals surface area contributed by atoms with Gasteiger partial charge < -0.3 is 9.88 Å². The van der Waals surface area contributed by atoms with E-state index >= 15 is 0 Å². The summed E-state index contributed by atoms with van der Waals surface area (Å²) >= 11 is 0. The number of hydrogen-bond donors (Lipinski definition) is 1. The van der Waals surface area contributed by atoms with Crippen LogP contribution in [-0.2, 0) is 25.1 Å². The molecule has 10 heteroatoms. The maximum atomic E-state index is 14.8. The highest BCUT2D eigenvalue weighted by molar-refractivity contribution is 5.65. The van der Waals surface area contributed by atoms with E-state index in [1.807, 2.05) is 38.1 Å². The van der Waals surface area contributed by atoms with Crippen LogP contribution in [0.2, 0.25) is 0 Å². The smallest absolute Gasteiger partial charge is 0.366 e. The Hall–Kier alpha value is -3.82. The molecule has 2 aromatic carbocycles. The molecule has 40 heavy (non-hydrogen) atoms. The number of benzene rings is 2. The molecule has 2 heterocycles. The summed E-state index contributed by atoms with van der Waals surface area (Å²) in [6.07, 6.45) is -3.68. The molecule has 1 N–H and O–H groups in total. The van der Waals surface area contributed by atoms with Gasteiger partial charge in [0.15, 0.2) is 11.5 Å². The minimum Gasteiger partial charge on any atom is -0.366 e. The lowest BCUT2D eigenvalue weighted by molar-refractivity contribution is -0.140. The van der Waals surface area contributed by atoms with Crippen molar-refractivity contribution in [3.05, 3.63) is 82.8 Å². The van der Waals surface area contributed by atoms with Crippen LogP contribution in [0.15, 0.2) is 54.7 Å². The molecule has 0 aliphatic heterocycles. The number of imidazole rings is 1. The van der Waals surface area contributed by atoms with Crippen molar-refractivity contribution in [2.45, 2.75) is 71.1 Å². The van der Waals surface area contributed by atoms with E-state index in [9.17, 15) is 22.0 Å². The SMILES string of the molecule is CC(C)c1ccccc1-c1nc(NCc2ccc(-c3nc(C(F)(F)F)cn3C(C)C)cc2)c2c(n1)C(F)(F)CC2. The van der Waals surface area contributed by atoms with Crippen LogP contribution in [0.4, 0.5) is 27.8 Å². The number of fused-ring (bicyclic) bond motifs is 1. The van der Waals surface area contributed by atoms with Crippen LogP contribution in [-0.4, -0.2) is 19.5 Å². The van der Waals surface area contributed by atoms with Crippen molar-refractivity contribution < 1.29 is 22.0 Å². The van der Waals surface area contributed by atoms with E-state index in [1.165, 1.54) is 4.57 Å². The van der Waals surface area contributed by atoms with Crippen LogP contribution in [0.25, 0.3) is 22.8 Å². The molecule has 0 spiro atoms. The maximum Gasteiger partial charge on any atom is 0.434 e. The third-order valence-electron chi connectivity index (χ3n) is 7.12. The minimum atomic E-state index is -4.54. The lowest BCUT2D eigenvalue weighted by Gasteiger charge is -2.17. The van der Waals surface area contributed by atoms with Gasteiger partial charge >= 0.3 is 6.18 Å². The predicted molar refractivity (Wildman–Crippen MR) is 144 cm³/mol. The molecule has 0 fully saturated rings. The average molecular weight is 556 g/mol. The van der Waals surface area contributed by atoms with Gasteiger partial charge in [-0.2, -0.15) is 22.0 Å². The van der Waals surface area contributed by atoms with E-state index < -0.39 is 17.8 Å². The summed E-state index contributed by atoms with van der Waals surface area (Å²) in [6.45, 7) is 7.93. The zero-order valence-corrected chi connectivity index (χ0v) is 22.7. The van der Waals surface area contributed by atoms with Crippen molar-refractivity contribution in [2.24, 2.45) is 0 Å². The molecule has 1 aliphatic rings. The van der Waals surface area contributed by atoms with Gasteiger partial charge in [-0.25, -0.2) is 15.0 Å². The van der Waals surface area contributed by atoms with Gasteiger partial charge in [-0.3, -0.25) is 0 Å². The zero-order valence-electron chi connectivity index (χ0n) is 22.7. The molecule has 2 aromatic heterocycles. The quantitative estimate of drug-likeness (QED) is 0.233. The van der Waals surface area contributed by atoms with Gasteiger partial charge in [0.25, 0.3) is 5.92 Å². The third-order valence-corrected chi connectivity index (χ3v) is 7.12. The number of hydrogen-bond acceptors (Lipinski definition) is 4. The number of aromatic nitrogens is 4. The molecular formula is C30H30F5N5. The van der Waals surface area contributed by atoms with Crippen LogP contribution in [0.3, 0.4) is 0 Å². The minimum absolute atomic E-state index is 0.155. The first-order valence-electron chi connectivity index (χ1n) is 13.2. The summed E-state index contributed by atoms with van der Waals surface area (Å²) in [7, 11) is 0. The van der Waals surface area contributed by atoms with Crippen LogP contribution in [0.1, 0.15) is 74.2 Å². The summed E-state index contributed by atoms with van der Waals surface area (Å²) in [5.41, 5.74) is 2.27. The lowest BCUT2D eigenvalue weighted by atomic mass is 9.96. The highest BCUT2D eigenvalue weighted by Gasteiger charge is 2.43. The average Bonchev–Trinajstić information content (AvgIpc) is 3.50. The molecule has 1 aliphatic carbocycles. The Kier molecular flexibility index (Phi) is 7.14. The van der Waals surface area contributed by atoms with Crippen LogP contribution >= 0.6 is 0 Å². The summed E-state index contributed by atoms with van der Waals surface area (Å²) in [5.74, 6) is -2.03. The number of halogens is 5. The van der Waals surface area contributed by atoms with Crippen LogP contribution in [0, 0.1) is 0 Å². The third kappa shape index (κ3) is 5.31. The van der Waals surface area contributed by atoms with Crippen LogP contribution < -0.4 is 5.32 Å².